The summed E-state index contributed by atoms with van der Waals surface area (Å²) in [6.07, 6.45) is 8.29. The molecule has 3 nitrogen and oxygen atoms in total. The first-order valence-electron chi connectivity index (χ1n) is 5.08. The van der Waals surface area contributed by atoms with E-state index < -0.39 is 0 Å². The molecule has 0 bridgehead atoms. The van der Waals surface area contributed by atoms with E-state index in [9.17, 15) is 4.79 Å². The van der Waals surface area contributed by atoms with Gasteiger partial charge in [-0.1, -0.05) is 19.6 Å². The zero-order valence-electron chi connectivity index (χ0n) is 8.95. The van der Waals surface area contributed by atoms with Gasteiger partial charge in [0.1, 0.15) is 6.10 Å². The van der Waals surface area contributed by atoms with Gasteiger partial charge < -0.3 is 4.74 Å². The van der Waals surface area contributed by atoms with Gasteiger partial charge >= 0.3 is 5.97 Å². The molecule has 0 radical (unpaired) electrons. The number of carbonyl (C=O) groups excluding carboxylic acids is 1. The Morgan fingerprint density at radius 3 is 2.27 bits per heavy atom. The minimum atomic E-state index is -0.281. The number of hydrogen-bond donors (Lipinski definition) is 0. The SMILES string of the molecule is C=CC#N.C=CC(=O)OC1CCCCC1. The van der Waals surface area contributed by atoms with Gasteiger partial charge in [0.2, 0.25) is 0 Å². The van der Waals surface area contributed by atoms with Crippen molar-refractivity contribution in [3.8, 4) is 6.07 Å². The van der Waals surface area contributed by atoms with Crippen LogP contribution in [0.1, 0.15) is 32.1 Å². The van der Waals surface area contributed by atoms with Crippen LogP contribution in [0.2, 0.25) is 0 Å². The van der Waals surface area contributed by atoms with Crippen LogP contribution in [0, 0.1) is 11.3 Å². The molecule has 0 aliphatic heterocycles. The number of hydrogen-bond acceptors (Lipinski definition) is 3. The Hall–Kier alpha value is -1.56. The van der Waals surface area contributed by atoms with E-state index in [4.69, 9.17) is 10.00 Å². The molecule has 1 saturated carbocycles. The molecule has 0 aromatic rings. The van der Waals surface area contributed by atoms with Crippen molar-refractivity contribution < 1.29 is 9.53 Å². The lowest BCUT2D eigenvalue weighted by Gasteiger charge is -2.20. The molecule has 1 fully saturated rings. The maximum absolute atomic E-state index is 10.7. The summed E-state index contributed by atoms with van der Waals surface area (Å²) in [6.45, 7) is 6.47. The fourth-order valence-corrected chi connectivity index (χ4v) is 1.40. The lowest BCUT2D eigenvalue weighted by atomic mass is 9.98. The van der Waals surface area contributed by atoms with Crippen LogP contribution in [-0.4, -0.2) is 12.1 Å². The van der Waals surface area contributed by atoms with Crippen molar-refractivity contribution >= 4 is 5.97 Å². The molecule has 0 saturated heterocycles. The number of esters is 1. The molecule has 0 amide bonds. The standard InChI is InChI=1S/C9H14O2.C3H3N/c1-2-9(10)11-8-6-4-3-5-7-8;1-2-3-4/h2,8H,1,3-7H2;2H,1H2. The zero-order chi connectivity index (χ0) is 11.5. The summed E-state index contributed by atoms with van der Waals surface area (Å²) in [5.74, 6) is -0.281. The Kier molecular flexibility index (Phi) is 8.08. The predicted molar refractivity (Wildman–Crippen MR) is 59.0 cm³/mol. The topological polar surface area (TPSA) is 50.1 Å². The Morgan fingerprint density at radius 1 is 1.33 bits per heavy atom. The van der Waals surface area contributed by atoms with Crippen molar-refractivity contribution in [1.29, 1.82) is 5.26 Å². The fourth-order valence-electron chi connectivity index (χ4n) is 1.40. The second-order valence-corrected chi connectivity index (χ2v) is 3.23. The van der Waals surface area contributed by atoms with E-state index in [2.05, 4.69) is 13.2 Å². The Morgan fingerprint density at radius 2 is 1.87 bits per heavy atom. The van der Waals surface area contributed by atoms with Crippen LogP contribution in [0.4, 0.5) is 0 Å². The lowest BCUT2D eigenvalue weighted by molar-refractivity contribution is -0.144. The summed E-state index contributed by atoms with van der Waals surface area (Å²) < 4.78 is 5.08. The molecule has 0 unspecified atom stereocenters. The number of allylic oxidation sites excluding steroid dienone is 1. The zero-order valence-corrected chi connectivity index (χ0v) is 8.95. The smallest absolute Gasteiger partial charge is 0.330 e. The lowest BCUT2D eigenvalue weighted by Crippen LogP contribution is -2.19. The van der Waals surface area contributed by atoms with Crippen molar-refractivity contribution in [3.63, 3.8) is 0 Å². The largest absolute Gasteiger partial charge is 0.459 e. The van der Waals surface area contributed by atoms with E-state index in [1.54, 1.807) is 6.07 Å². The summed E-state index contributed by atoms with van der Waals surface area (Å²) in [7, 11) is 0. The molecule has 0 atom stereocenters. The van der Waals surface area contributed by atoms with E-state index in [0.29, 0.717) is 0 Å². The van der Waals surface area contributed by atoms with Crippen LogP contribution in [0.3, 0.4) is 0 Å². The van der Waals surface area contributed by atoms with Gasteiger partial charge in [0.25, 0.3) is 0 Å². The highest BCUT2D eigenvalue weighted by Gasteiger charge is 2.15. The summed E-state index contributed by atoms with van der Waals surface area (Å²) in [4.78, 5) is 10.7. The fraction of sp³-hybridized carbons (Fsp3) is 0.500. The predicted octanol–water partition coefficient (Wildman–Crippen LogP) is 2.74. The Labute approximate surface area is 91.0 Å². The molecule has 0 N–H and O–H groups in total. The first-order valence-corrected chi connectivity index (χ1v) is 5.08. The Bertz CT molecular complexity index is 247. The number of rotatable bonds is 2. The molecule has 1 aliphatic rings. The highest BCUT2D eigenvalue weighted by molar-refractivity contribution is 5.81. The highest BCUT2D eigenvalue weighted by atomic mass is 16.5. The quantitative estimate of drug-likeness (QED) is 0.397. The molecule has 3 heteroatoms. The average Bonchev–Trinajstić information content (AvgIpc) is 2.30. The Balaban J connectivity index is 0.000000423. The molecule has 0 heterocycles. The average molecular weight is 207 g/mol. The maximum Gasteiger partial charge on any atom is 0.330 e. The number of nitrogens with zero attached hydrogens (tertiary/aromatic N) is 1. The van der Waals surface area contributed by atoms with Gasteiger partial charge in [-0.2, -0.15) is 5.26 Å². The van der Waals surface area contributed by atoms with E-state index in [-0.39, 0.29) is 12.1 Å². The number of carbonyl (C=O) groups is 1. The van der Waals surface area contributed by atoms with Crippen molar-refractivity contribution in [2.45, 2.75) is 38.2 Å². The van der Waals surface area contributed by atoms with E-state index in [1.165, 1.54) is 31.4 Å². The third-order valence-electron chi connectivity index (χ3n) is 2.09. The van der Waals surface area contributed by atoms with E-state index in [0.717, 1.165) is 12.8 Å². The van der Waals surface area contributed by atoms with Crippen LogP contribution in [0.25, 0.3) is 0 Å². The van der Waals surface area contributed by atoms with Crippen LogP contribution < -0.4 is 0 Å². The highest BCUT2D eigenvalue weighted by Crippen LogP contribution is 2.20. The molecular formula is C12H17NO2. The molecule has 1 rings (SSSR count). The van der Waals surface area contributed by atoms with Crippen molar-refractivity contribution in [1.82, 2.24) is 0 Å². The summed E-state index contributed by atoms with van der Waals surface area (Å²) >= 11 is 0. The van der Waals surface area contributed by atoms with Crippen molar-refractivity contribution in [3.05, 3.63) is 25.3 Å². The summed E-state index contributed by atoms with van der Waals surface area (Å²) in [6, 6.07) is 1.69. The second-order valence-electron chi connectivity index (χ2n) is 3.23. The number of nitriles is 1. The minimum absolute atomic E-state index is 0.161. The minimum Gasteiger partial charge on any atom is -0.459 e. The molecule has 0 aromatic carbocycles. The molecule has 82 valence electrons. The second kappa shape index (κ2) is 9.01. The van der Waals surface area contributed by atoms with Gasteiger partial charge in [0.15, 0.2) is 0 Å². The van der Waals surface area contributed by atoms with E-state index >= 15 is 0 Å². The van der Waals surface area contributed by atoms with E-state index in [1.807, 2.05) is 0 Å². The normalized spacial score (nSPS) is 15.1. The molecule has 15 heavy (non-hydrogen) atoms. The maximum atomic E-state index is 10.7. The molecule has 0 aromatic heterocycles. The van der Waals surface area contributed by atoms with Crippen molar-refractivity contribution in [2.24, 2.45) is 0 Å². The first kappa shape index (κ1) is 13.4. The summed E-state index contributed by atoms with van der Waals surface area (Å²) in [5, 5.41) is 7.51. The third kappa shape index (κ3) is 7.51. The van der Waals surface area contributed by atoms with Gasteiger partial charge in [-0.15, -0.1) is 0 Å². The summed E-state index contributed by atoms with van der Waals surface area (Å²) in [5.41, 5.74) is 0. The number of ether oxygens (including phenoxy) is 1. The molecule has 1 aliphatic carbocycles. The van der Waals surface area contributed by atoms with Gasteiger partial charge in [0, 0.05) is 12.2 Å². The van der Waals surface area contributed by atoms with Crippen molar-refractivity contribution in [2.75, 3.05) is 0 Å². The third-order valence-corrected chi connectivity index (χ3v) is 2.09. The van der Waals surface area contributed by atoms with Gasteiger partial charge in [0.05, 0.1) is 6.07 Å². The van der Waals surface area contributed by atoms with Crippen LogP contribution in [0.5, 0.6) is 0 Å². The van der Waals surface area contributed by atoms with Gasteiger partial charge in [-0.05, 0) is 25.7 Å². The van der Waals surface area contributed by atoms with Crippen LogP contribution >= 0.6 is 0 Å². The molecule has 0 spiro atoms. The van der Waals surface area contributed by atoms with Crippen LogP contribution in [0.15, 0.2) is 25.3 Å². The monoisotopic (exact) mass is 207 g/mol. The van der Waals surface area contributed by atoms with Crippen LogP contribution in [-0.2, 0) is 9.53 Å². The van der Waals surface area contributed by atoms with Gasteiger partial charge in [-0.25, -0.2) is 4.79 Å². The van der Waals surface area contributed by atoms with Gasteiger partial charge in [-0.3, -0.25) is 0 Å². The first-order chi connectivity index (χ1) is 7.24. The molecular weight excluding hydrogens is 190 g/mol.